The lowest BCUT2D eigenvalue weighted by Crippen LogP contribution is -2.30. The molecule has 0 radical (unpaired) electrons. The van der Waals surface area contributed by atoms with Gasteiger partial charge in [-0.25, -0.2) is 0 Å². The molecule has 0 aliphatic carbocycles. The largest absolute Gasteiger partial charge is 0.494 e. The van der Waals surface area contributed by atoms with E-state index in [1.54, 1.807) is 37.3 Å². The van der Waals surface area contributed by atoms with Crippen LogP contribution in [0.1, 0.15) is 18.9 Å². The van der Waals surface area contributed by atoms with Crippen LogP contribution < -0.4 is 14.8 Å². The molecule has 0 saturated heterocycles. The lowest BCUT2D eigenvalue weighted by molar-refractivity contribution is -0.122. The predicted octanol–water partition coefficient (Wildman–Crippen LogP) is 6.41. The van der Waals surface area contributed by atoms with E-state index in [4.69, 9.17) is 32.7 Å². The second-order valence-corrected chi connectivity index (χ2v) is 7.63. The highest BCUT2D eigenvalue weighted by Gasteiger charge is 2.16. The van der Waals surface area contributed by atoms with Gasteiger partial charge in [-0.1, -0.05) is 53.5 Å². The van der Waals surface area contributed by atoms with E-state index in [9.17, 15) is 4.79 Å². The molecule has 1 unspecified atom stereocenters. The van der Waals surface area contributed by atoms with Gasteiger partial charge in [-0.3, -0.25) is 4.79 Å². The summed E-state index contributed by atoms with van der Waals surface area (Å²) >= 11 is 12.0. The molecule has 3 aromatic carbocycles. The Hall–Kier alpha value is -2.69. The number of nitrogens with one attached hydrogen (secondary N) is 1. The van der Waals surface area contributed by atoms with Gasteiger partial charge < -0.3 is 14.8 Å². The number of anilines is 1. The minimum Gasteiger partial charge on any atom is -0.494 e. The Kier molecular flexibility index (Phi) is 8.00. The summed E-state index contributed by atoms with van der Waals surface area (Å²) in [6.07, 6.45) is 1.19. The second kappa shape index (κ2) is 10.9. The molecule has 1 atom stereocenters. The third kappa shape index (κ3) is 6.68. The fourth-order valence-corrected chi connectivity index (χ4v) is 3.26. The van der Waals surface area contributed by atoms with Crippen molar-refractivity contribution in [1.29, 1.82) is 0 Å². The number of hydrogen-bond acceptors (Lipinski definition) is 3. The first kappa shape index (κ1) is 22.0. The first-order valence-corrected chi connectivity index (χ1v) is 10.5. The third-order valence-corrected chi connectivity index (χ3v) is 4.94. The molecule has 1 N–H and O–H groups in total. The van der Waals surface area contributed by atoms with Crippen molar-refractivity contribution >= 4 is 34.8 Å². The minimum absolute atomic E-state index is 0.280. The summed E-state index contributed by atoms with van der Waals surface area (Å²) in [5.41, 5.74) is 1.96. The van der Waals surface area contributed by atoms with Crippen molar-refractivity contribution in [2.45, 2.75) is 25.9 Å². The maximum Gasteiger partial charge on any atom is 0.265 e. The SMILES string of the molecule is CC(Oc1ccc(Cl)cc1Cl)C(=O)Nc1ccc(OCCCc2ccccc2)cc1. The van der Waals surface area contributed by atoms with Crippen LogP contribution in [0.3, 0.4) is 0 Å². The third-order valence-electron chi connectivity index (χ3n) is 4.41. The van der Waals surface area contributed by atoms with Crippen molar-refractivity contribution in [1.82, 2.24) is 0 Å². The Morgan fingerprint density at radius 3 is 2.43 bits per heavy atom. The highest BCUT2D eigenvalue weighted by atomic mass is 35.5. The van der Waals surface area contributed by atoms with E-state index < -0.39 is 6.10 Å². The summed E-state index contributed by atoms with van der Waals surface area (Å²) in [6.45, 7) is 2.29. The quantitative estimate of drug-likeness (QED) is 0.388. The zero-order valence-corrected chi connectivity index (χ0v) is 18.1. The average Bonchev–Trinajstić information content (AvgIpc) is 2.75. The zero-order chi connectivity index (χ0) is 21.3. The topological polar surface area (TPSA) is 47.6 Å². The summed E-state index contributed by atoms with van der Waals surface area (Å²) in [7, 11) is 0. The minimum atomic E-state index is -0.724. The van der Waals surface area contributed by atoms with Crippen molar-refractivity contribution in [2.24, 2.45) is 0 Å². The Balaban J connectivity index is 1.44. The van der Waals surface area contributed by atoms with E-state index in [1.165, 1.54) is 5.56 Å². The maximum absolute atomic E-state index is 12.4. The molecule has 3 aromatic rings. The van der Waals surface area contributed by atoms with Crippen molar-refractivity contribution in [3.8, 4) is 11.5 Å². The molecular weight excluding hydrogens is 421 g/mol. The van der Waals surface area contributed by atoms with Gasteiger partial charge in [0, 0.05) is 10.7 Å². The van der Waals surface area contributed by atoms with Crippen LogP contribution in [0.25, 0.3) is 0 Å². The molecule has 1 amide bonds. The van der Waals surface area contributed by atoms with Crippen LogP contribution in [0.4, 0.5) is 5.69 Å². The monoisotopic (exact) mass is 443 g/mol. The molecule has 0 spiro atoms. The summed E-state index contributed by atoms with van der Waals surface area (Å²) in [5, 5.41) is 3.68. The molecule has 3 rings (SSSR count). The number of carbonyl (C=O) groups excluding carboxylic acids is 1. The summed E-state index contributed by atoms with van der Waals surface area (Å²) < 4.78 is 11.4. The molecule has 6 heteroatoms. The number of carbonyl (C=O) groups is 1. The molecule has 0 bridgehead atoms. The van der Waals surface area contributed by atoms with Gasteiger partial charge in [0.25, 0.3) is 5.91 Å². The van der Waals surface area contributed by atoms with Gasteiger partial charge in [-0.2, -0.15) is 0 Å². The molecule has 0 aliphatic rings. The van der Waals surface area contributed by atoms with Crippen LogP contribution in [0.2, 0.25) is 10.0 Å². The van der Waals surface area contributed by atoms with Crippen molar-refractivity contribution in [3.63, 3.8) is 0 Å². The second-order valence-electron chi connectivity index (χ2n) is 6.79. The Bertz CT molecular complexity index is 962. The number of hydrogen-bond donors (Lipinski definition) is 1. The zero-order valence-electron chi connectivity index (χ0n) is 16.6. The standard InChI is InChI=1S/C24H23Cl2NO3/c1-17(30-23-14-9-19(25)16-22(23)26)24(28)27-20-10-12-21(13-11-20)29-15-5-8-18-6-3-2-4-7-18/h2-4,6-7,9-14,16-17H,5,8,15H2,1H3,(H,27,28). The van der Waals surface area contributed by atoms with Gasteiger partial charge in [-0.15, -0.1) is 0 Å². The predicted molar refractivity (Wildman–Crippen MR) is 122 cm³/mol. The van der Waals surface area contributed by atoms with E-state index >= 15 is 0 Å². The van der Waals surface area contributed by atoms with Crippen molar-refractivity contribution in [3.05, 3.63) is 88.4 Å². The molecule has 156 valence electrons. The van der Waals surface area contributed by atoms with Gasteiger partial charge in [0.15, 0.2) is 6.10 Å². The van der Waals surface area contributed by atoms with Crippen LogP contribution in [-0.2, 0) is 11.2 Å². The molecule has 4 nitrogen and oxygen atoms in total. The van der Waals surface area contributed by atoms with Gasteiger partial charge in [0.1, 0.15) is 11.5 Å². The van der Waals surface area contributed by atoms with E-state index in [0.29, 0.717) is 28.1 Å². The highest BCUT2D eigenvalue weighted by Crippen LogP contribution is 2.28. The number of ether oxygens (including phenoxy) is 2. The van der Waals surface area contributed by atoms with Gasteiger partial charge >= 0.3 is 0 Å². The van der Waals surface area contributed by atoms with Crippen molar-refractivity contribution < 1.29 is 14.3 Å². The van der Waals surface area contributed by atoms with E-state index in [0.717, 1.165) is 18.6 Å². The number of amides is 1. The highest BCUT2D eigenvalue weighted by molar-refractivity contribution is 6.35. The van der Waals surface area contributed by atoms with Gasteiger partial charge in [0.05, 0.1) is 11.6 Å². The lowest BCUT2D eigenvalue weighted by Gasteiger charge is -2.16. The Morgan fingerprint density at radius 2 is 1.73 bits per heavy atom. The summed E-state index contributed by atoms with van der Waals surface area (Å²) in [5.74, 6) is 0.888. The Labute approximate surface area is 186 Å². The van der Waals surface area contributed by atoms with E-state index in [2.05, 4.69) is 17.4 Å². The molecule has 30 heavy (non-hydrogen) atoms. The van der Waals surface area contributed by atoms with Crippen LogP contribution >= 0.6 is 23.2 Å². The molecular formula is C24H23Cl2NO3. The van der Waals surface area contributed by atoms with E-state index in [1.807, 2.05) is 30.3 Å². The Morgan fingerprint density at radius 1 is 1.00 bits per heavy atom. The fraction of sp³-hybridized carbons (Fsp3) is 0.208. The van der Waals surface area contributed by atoms with Crippen LogP contribution in [-0.4, -0.2) is 18.6 Å². The van der Waals surface area contributed by atoms with E-state index in [-0.39, 0.29) is 5.91 Å². The van der Waals surface area contributed by atoms with Crippen molar-refractivity contribution in [2.75, 3.05) is 11.9 Å². The molecule has 0 saturated carbocycles. The van der Waals surface area contributed by atoms with Crippen LogP contribution in [0.5, 0.6) is 11.5 Å². The number of rotatable bonds is 9. The van der Waals surface area contributed by atoms with Gasteiger partial charge in [-0.05, 0) is 67.8 Å². The first-order valence-electron chi connectivity index (χ1n) is 9.70. The summed E-state index contributed by atoms with van der Waals surface area (Å²) in [4.78, 5) is 12.4. The van der Waals surface area contributed by atoms with Crippen LogP contribution in [0.15, 0.2) is 72.8 Å². The first-order chi connectivity index (χ1) is 14.5. The molecule has 0 aliphatic heterocycles. The fourth-order valence-electron chi connectivity index (χ4n) is 2.80. The number of aryl methyl sites for hydroxylation is 1. The van der Waals surface area contributed by atoms with Crippen LogP contribution in [0, 0.1) is 0 Å². The molecule has 0 aromatic heterocycles. The number of halogens is 2. The summed E-state index contributed by atoms with van der Waals surface area (Å²) in [6, 6.07) is 22.5. The molecule has 0 heterocycles. The maximum atomic E-state index is 12.4. The normalized spacial score (nSPS) is 11.6. The lowest BCUT2D eigenvalue weighted by atomic mass is 10.1. The molecule has 0 fully saturated rings. The average molecular weight is 444 g/mol. The van der Waals surface area contributed by atoms with Gasteiger partial charge in [0.2, 0.25) is 0 Å². The number of benzene rings is 3. The smallest absolute Gasteiger partial charge is 0.265 e.